The maximum Gasteiger partial charge on any atom is 0.419 e. The number of methoxy groups -OCH3 is 1. The summed E-state index contributed by atoms with van der Waals surface area (Å²) in [7, 11) is -3.05. The van der Waals surface area contributed by atoms with Crippen LogP contribution in [-0.4, -0.2) is 28.0 Å². The fourth-order valence-electron chi connectivity index (χ4n) is 3.84. The molecule has 1 amide bonds. The molecule has 168 valence electrons. The molecule has 4 rings (SSSR count). The van der Waals surface area contributed by atoms with Crippen LogP contribution >= 0.6 is 0 Å². The number of fused-ring (bicyclic) bond motifs is 2. The van der Waals surface area contributed by atoms with Crippen LogP contribution in [0.1, 0.15) is 23.5 Å². The third-order valence-electron chi connectivity index (χ3n) is 5.27. The zero-order chi connectivity index (χ0) is 23.1. The number of benzene rings is 3. The monoisotopic (exact) mass is 465 g/mol. The first-order valence-corrected chi connectivity index (χ1v) is 11.1. The van der Waals surface area contributed by atoms with Crippen LogP contribution in [0.2, 0.25) is 0 Å². The van der Waals surface area contributed by atoms with E-state index in [0.29, 0.717) is 10.8 Å². The summed E-state index contributed by atoms with van der Waals surface area (Å²) < 4.78 is 78.9. The Morgan fingerprint density at radius 1 is 1.09 bits per heavy atom. The predicted octanol–water partition coefficient (Wildman–Crippen LogP) is 4.24. The summed E-state index contributed by atoms with van der Waals surface area (Å²) in [5, 5.41) is 1.08. The largest absolute Gasteiger partial charge is 0.496 e. The lowest BCUT2D eigenvalue weighted by molar-refractivity contribution is -0.139. The third-order valence-corrected chi connectivity index (χ3v) is 6.68. The molecule has 6 nitrogen and oxygen atoms in total. The van der Waals surface area contributed by atoms with E-state index >= 15 is 0 Å². The van der Waals surface area contributed by atoms with Gasteiger partial charge in [0.25, 0.3) is 10.0 Å². The molecule has 10 heteroatoms. The van der Waals surface area contributed by atoms with Crippen molar-refractivity contribution >= 4 is 26.7 Å². The number of hydrogen-bond donors (Lipinski definition) is 1. The molecular weight excluding hydrogens is 447 g/mol. The first-order valence-electron chi connectivity index (χ1n) is 9.59. The maximum absolute atomic E-state index is 13.5. The quantitative estimate of drug-likeness (QED) is 0.624. The van der Waals surface area contributed by atoms with E-state index in [1.807, 2.05) is 4.72 Å². The molecule has 3 aromatic rings. The number of hydrogen-bond acceptors (Lipinski definition) is 5. The molecule has 1 heterocycles. The van der Waals surface area contributed by atoms with E-state index in [2.05, 4.69) is 0 Å². The van der Waals surface area contributed by atoms with Crippen molar-refractivity contribution < 1.29 is 35.9 Å². The van der Waals surface area contributed by atoms with E-state index < -0.39 is 39.3 Å². The van der Waals surface area contributed by atoms with Gasteiger partial charge in [-0.2, -0.15) is 13.2 Å². The second-order valence-electron chi connectivity index (χ2n) is 7.19. The van der Waals surface area contributed by atoms with Gasteiger partial charge in [-0.15, -0.1) is 0 Å². The summed E-state index contributed by atoms with van der Waals surface area (Å²) in [5.74, 6) is -2.68. The van der Waals surface area contributed by atoms with E-state index in [1.165, 1.54) is 13.2 Å². The Kier molecular flexibility index (Phi) is 5.49. The summed E-state index contributed by atoms with van der Waals surface area (Å²) in [6.45, 7) is -0.185. The standard InChI is InChI=1S/C22H18F3NO5S/c1-30-17-10-9-16(22(23,24)25)20-19(17)15(11-12-31-20)21(27)26-32(28,29)18-8-4-6-13-5-2-3-7-14(13)18/h2-10,15H,11-12H2,1H3,(H,26,27)/t15-/m0/s1. The molecule has 0 unspecified atom stereocenters. The van der Waals surface area contributed by atoms with Crippen LogP contribution in [0.3, 0.4) is 0 Å². The van der Waals surface area contributed by atoms with Crippen molar-refractivity contribution in [3.63, 3.8) is 0 Å². The molecule has 0 radical (unpaired) electrons. The highest BCUT2D eigenvalue weighted by molar-refractivity contribution is 7.90. The van der Waals surface area contributed by atoms with Gasteiger partial charge in [0.1, 0.15) is 11.5 Å². The first-order chi connectivity index (χ1) is 15.1. The van der Waals surface area contributed by atoms with Gasteiger partial charge >= 0.3 is 6.18 Å². The summed E-state index contributed by atoms with van der Waals surface area (Å²) in [5.41, 5.74) is -1.18. The van der Waals surface area contributed by atoms with Gasteiger partial charge in [0, 0.05) is 10.9 Å². The second-order valence-corrected chi connectivity index (χ2v) is 8.84. The third kappa shape index (κ3) is 3.86. The molecule has 32 heavy (non-hydrogen) atoms. The molecule has 0 fully saturated rings. The summed E-state index contributed by atoms with van der Waals surface area (Å²) in [6.07, 6.45) is -4.73. The zero-order valence-corrected chi connectivity index (χ0v) is 17.6. The normalized spacial score (nSPS) is 16.2. The van der Waals surface area contributed by atoms with Gasteiger partial charge in [0.15, 0.2) is 0 Å². The average Bonchev–Trinajstić information content (AvgIpc) is 2.76. The van der Waals surface area contributed by atoms with E-state index in [9.17, 15) is 26.4 Å². The highest BCUT2D eigenvalue weighted by Gasteiger charge is 2.41. The summed E-state index contributed by atoms with van der Waals surface area (Å²) in [4.78, 5) is 12.9. The van der Waals surface area contributed by atoms with Crippen LogP contribution < -0.4 is 14.2 Å². The first kappa shape index (κ1) is 21.9. The fourth-order valence-corrected chi connectivity index (χ4v) is 5.09. The SMILES string of the molecule is COc1ccc(C(F)(F)F)c2c1[C@@H](C(=O)NS(=O)(=O)c1cccc3ccccc13)CCO2. The lowest BCUT2D eigenvalue weighted by Gasteiger charge is -2.29. The van der Waals surface area contributed by atoms with Crippen LogP contribution in [0.5, 0.6) is 11.5 Å². The molecule has 0 saturated heterocycles. The number of carbonyl (C=O) groups is 1. The van der Waals surface area contributed by atoms with Gasteiger partial charge in [0.2, 0.25) is 5.91 Å². The minimum absolute atomic E-state index is 0.00964. The van der Waals surface area contributed by atoms with E-state index in [1.54, 1.807) is 36.4 Å². The number of amides is 1. The topological polar surface area (TPSA) is 81.7 Å². The highest BCUT2D eigenvalue weighted by Crippen LogP contribution is 2.47. The molecule has 0 aromatic heterocycles. The molecular formula is C22H18F3NO5S. The Bertz CT molecular complexity index is 1300. The molecule has 1 aliphatic heterocycles. The Balaban J connectivity index is 1.74. The number of rotatable bonds is 4. The van der Waals surface area contributed by atoms with Gasteiger partial charge in [-0.3, -0.25) is 4.79 Å². The smallest absolute Gasteiger partial charge is 0.419 e. The molecule has 0 aliphatic carbocycles. The van der Waals surface area contributed by atoms with Crippen LogP contribution in [-0.2, 0) is 21.0 Å². The van der Waals surface area contributed by atoms with Gasteiger partial charge in [-0.05, 0) is 30.0 Å². The number of sulfonamides is 1. The Morgan fingerprint density at radius 3 is 2.53 bits per heavy atom. The number of nitrogens with one attached hydrogen (secondary N) is 1. The van der Waals surface area contributed by atoms with Gasteiger partial charge in [0.05, 0.1) is 30.1 Å². The molecule has 3 aromatic carbocycles. The minimum Gasteiger partial charge on any atom is -0.496 e. The summed E-state index contributed by atoms with van der Waals surface area (Å²) >= 11 is 0. The van der Waals surface area contributed by atoms with Crippen LogP contribution in [0.25, 0.3) is 10.8 Å². The van der Waals surface area contributed by atoms with Crippen molar-refractivity contribution in [2.45, 2.75) is 23.4 Å². The molecule has 1 N–H and O–H groups in total. The van der Waals surface area contributed by atoms with Crippen LogP contribution in [0.15, 0.2) is 59.5 Å². The van der Waals surface area contributed by atoms with Crippen molar-refractivity contribution in [2.75, 3.05) is 13.7 Å². The second kappa shape index (κ2) is 8.01. The minimum atomic E-state index is -4.72. The predicted molar refractivity (Wildman–Crippen MR) is 110 cm³/mol. The molecule has 1 atom stereocenters. The van der Waals surface area contributed by atoms with Crippen molar-refractivity contribution in [1.29, 1.82) is 0 Å². The fraction of sp³-hybridized carbons (Fsp3) is 0.227. The maximum atomic E-state index is 13.5. The summed E-state index contributed by atoms with van der Waals surface area (Å²) in [6, 6.07) is 13.3. The van der Waals surface area contributed by atoms with E-state index in [4.69, 9.17) is 9.47 Å². The van der Waals surface area contributed by atoms with E-state index in [0.717, 1.165) is 12.1 Å². The van der Waals surface area contributed by atoms with E-state index in [-0.39, 0.29) is 29.2 Å². The number of halogens is 3. The zero-order valence-electron chi connectivity index (χ0n) is 16.8. The van der Waals surface area contributed by atoms with Crippen LogP contribution in [0, 0.1) is 0 Å². The van der Waals surface area contributed by atoms with Crippen molar-refractivity contribution in [3.8, 4) is 11.5 Å². The molecule has 0 spiro atoms. The molecule has 1 aliphatic rings. The number of carbonyl (C=O) groups excluding carboxylic acids is 1. The lowest BCUT2D eigenvalue weighted by Crippen LogP contribution is -2.37. The van der Waals surface area contributed by atoms with Crippen molar-refractivity contribution in [2.24, 2.45) is 0 Å². The molecule has 0 bridgehead atoms. The lowest BCUT2D eigenvalue weighted by atomic mass is 9.89. The van der Waals surface area contributed by atoms with Crippen LogP contribution in [0.4, 0.5) is 13.2 Å². The number of ether oxygens (including phenoxy) is 2. The Labute approximate surface area is 182 Å². The van der Waals surface area contributed by atoms with Gasteiger partial charge in [-0.1, -0.05) is 36.4 Å². The highest BCUT2D eigenvalue weighted by atomic mass is 32.2. The molecule has 0 saturated carbocycles. The van der Waals surface area contributed by atoms with Gasteiger partial charge in [-0.25, -0.2) is 13.1 Å². The number of alkyl halides is 3. The van der Waals surface area contributed by atoms with Gasteiger partial charge < -0.3 is 9.47 Å². The Morgan fingerprint density at radius 2 is 1.81 bits per heavy atom. The average molecular weight is 465 g/mol. The Hall–Kier alpha value is -3.27. The van der Waals surface area contributed by atoms with Crippen molar-refractivity contribution in [3.05, 3.63) is 65.7 Å². The van der Waals surface area contributed by atoms with Crippen molar-refractivity contribution in [1.82, 2.24) is 4.72 Å².